The summed E-state index contributed by atoms with van der Waals surface area (Å²) in [5, 5.41) is 8.12. The molecular formula is C31H30ClN5O3. The van der Waals surface area contributed by atoms with Gasteiger partial charge in [0, 0.05) is 42.5 Å². The van der Waals surface area contributed by atoms with E-state index >= 15 is 0 Å². The van der Waals surface area contributed by atoms with Gasteiger partial charge in [-0.2, -0.15) is 9.78 Å². The Labute approximate surface area is 237 Å². The van der Waals surface area contributed by atoms with Crippen LogP contribution in [-0.2, 0) is 12.8 Å². The predicted molar refractivity (Wildman–Crippen MR) is 157 cm³/mol. The van der Waals surface area contributed by atoms with Crippen LogP contribution in [0.1, 0.15) is 27.9 Å². The van der Waals surface area contributed by atoms with E-state index in [1.807, 2.05) is 29.2 Å². The lowest BCUT2D eigenvalue weighted by atomic mass is 10.1. The number of likely N-dealkylation sites (N-methyl/N-ethyl adjacent to an activating group) is 1. The molecule has 1 aromatic heterocycles. The van der Waals surface area contributed by atoms with E-state index in [0.717, 1.165) is 32.4 Å². The van der Waals surface area contributed by atoms with Gasteiger partial charge in [0.25, 0.3) is 11.5 Å². The van der Waals surface area contributed by atoms with E-state index < -0.39 is 5.56 Å². The monoisotopic (exact) mass is 555 g/mol. The molecule has 0 bridgehead atoms. The molecule has 0 spiro atoms. The fraction of sp³-hybridized carbons (Fsp3) is 0.258. The zero-order valence-corrected chi connectivity index (χ0v) is 23.0. The maximum Gasteiger partial charge on any atom is 0.299 e. The number of piperazine rings is 1. The minimum absolute atomic E-state index is 0.0302. The topological polar surface area (TPSA) is 79.7 Å². The average Bonchev–Trinajstić information content (AvgIpc) is 3.43. The zero-order chi connectivity index (χ0) is 27.6. The van der Waals surface area contributed by atoms with Gasteiger partial charge in [-0.25, -0.2) is 0 Å². The fourth-order valence-corrected chi connectivity index (χ4v) is 5.41. The van der Waals surface area contributed by atoms with Crippen molar-refractivity contribution in [2.45, 2.75) is 19.3 Å². The summed E-state index contributed by atoms with van der Waals surface area (Å²) in [5.74, 6) is 0.902. The molecule has 204 valence electrons. The van der Waals surface area contributed by atoms with Crippen LogP contribution in [-0.4, -0.2) is 58.7 Å². The number of hydrogen-bond donors (Lipinski definition) is 1. The molecule has 2 heterocycles. The Morgan fingerprint density at radius 2 is 1.75 bits per heavy atom. The third kappa shape index (κ3) is 5.46. The SMILES string of the molecule is CN1CCN(C(=O)c2cccc(Nc3c(Oc4ccc5c(c4)CCC5)cnn(-c4cccc(Cl)c4)c3=O)c2)CC1. The number of fused-ring (bicyclic) bond motifs is 1. The summed E-state index contributed by atoms with van der Waals surface area (Å²) in [6.45, 7) is 3.04. The molecule has 0 atom stereocenters. The van der Waals surface area contributed by atoms with Crippen LogP contribution in [0.4, 0.5) is 11.4 Å². The molecule has 1 aliphatic heterocycles. The predicted octanol–water partition coefficient (Wildman–Crippen LogP) is 5.30. The summed E-state index contributed by atoms with van der Waals surface area (Å²) in [6.07, 6.45) is 4.74. The van der Waals surface area contributed by atoms with Crippen LogP contribution >= 0.6 is 11.6 Å². The van der Waals surface area contributed by atoms with E-state index in [9.17, 15) is 9.59 Å². The highest BCUT2D eigenvalue weighted by Gasteiger charge is 2.22. The molecule has 4 aromatic rings. The van der Waals surface area contributed by atoms with Gasteiger partial charge in [-0.3, -0.25) is 9.59 Å². The summed E-state index contributed by atoms with van der Waals surface area (Å²) in [7, 11) is 2.06. The Bertz CT molecular complexity index is 1630. The summed E-state index contributed by atoms with van der Waals surface area (Å²) < 4.78 is 7.52. The van der Waals surface area contributed by atoms with Crippen molar-refractivity contribution in [2.24, 2.45) is 0 Å². The summed E-state index contributed by atoms with van der Waals surface area (Å²) in [5.41, 5.74) is 4.09. The van der Waals surface area contributed by atoms with E-state index in [2.05, 4.69) is 28.4 Å². The van der Waals surface area contributed by atoms with E-state index in [1.54, 1.807) is 36.4 Å². The Hall–Kier alpha value is -4.14. The Morgan fingerprint density at radius 3 is 2.58 bits per heavy atom. The second kappa shape index (κ2) is 11.2. The van der Waals surface area contributed by atoms with Crippen molar-refractivity contribution in [1.29, 1.82) is 0 Å². The molecular weight excluding hydrogens is 526 g/mol. The molecule has 1 fully saturated rings. The third-order valence-electron chi connectivity index (χ3n) is 7.46. The third-order valence-corrected chi connectivity index (χ3v) is 7.70. The lowest BCUT2D eigenvalue weighted by molar-refractivity contribution is 0.0664. The number of hydrogen-bond acceptors (Lipinski definition) is 6. The summed E-state index contributed by atoms with van der Waals surface area (Å²) in [6, 6.07) is 20.2. The van der Waals surface area contributed by atoms with Crippen molar-refractivity contribution in [3.63, 3.8) is 0 Å². The van der Waals surface area contributed by atoms with Crippen molar-refractivity contribution in [1.82, 2.24) is 19.6 Å². The standard InChI is InChI=1S/C31H30ClN5O3/c1-35-13-15-36(16-14-35)30(38)23-7-3-9-25(17-23)34-29-28(40-27-12-11-21-5-2-6-22(21)18-27)20-33-37(31(29)39)26-10-4-8-24(32)19-26/h3-4,7-12,17-20,34H,2,5-6,13-16H2,1H3. The number of benzene rings is 3. The highest BCUT2D eigenvalue weighted by Crippen LogP contribution is 2.32. The molecule has 8 nitrogen and oxygen atoms in total. The van der Waals surface area contributed by atoms with Gasteiger partial charge >= 0.3 is 0 Å². The highest BCUT2D eigenvalue weighted by molar-refractivity contribution is 6.30. The highest BCUT2D eigenvalue weighted by atomic mass is 35.5. The first-order valence-electron chi connectivity index (χ1n) is 13.5. The molecule has 1 aliphatic carbocycles. The molecule has 2 aliphatic rings. The van der Waals surface area contributed by atoms with Gasteiger partial charge in [0.15, 0.2) is 11.4 Å². The minimum atomic E-state index is -0.406. The van der Waals surface area contributed by atoms with E-state index in [0.29, 0.717) is 40.8 Å². The number of anilines is 2. The first-order chi connectivity index (χ1) is 19.4. The molecule has 0 saturated carbocycles. The van der Waals surface area contributed by atoms with Gasteiger partial charge in [-0.15, -0.1) is 0 Å². The number of ether oxygens (including phenoxy) is 1. The normalized spacial score (nSPS) is 15.1. The summed E-state index contributed by atoms with van der Waals surface area (Å²) in [4.78, 5) is 31.1. The quantitative estimate of drug-likeness (QED) is 0.348. The van der Waals surface area contributed by atoms with E-state index in [4.69, 9.17) is 16.3 Å². The van der Waals surface area contributed by atoms with Crippen LogP contribution in [0.5, 0.6) is 11.5 Å². The van der Waals surface area contributed by atoms with Gasteiger partial charge in [-0.05, 0) is 86.0 Å². The number of nitrogens with one attached hydrogen (secondary N) is 1. The lowest BCUT2D eigenvalue weighted by Crippen LogP contribution is -2.47. The second-order valence-corrected chi connectivity index (χ2v) is 10.7. The van der Waals surface area contributed by atoms with Crippen molar-refractivity contribution in [3.8, 4) is 17.2 Å². The number of carbonyl (C=O) groups excluding carboxylic acids is 1. The Balaban J connectivity index is 1.35. The van der Waals surface area contributed by atoms with Crippen molar-refractivity contribution >= 4 is 28.9 Å². The molecule has 3 aromatic carbocycles. The van der Waals surface area contributed by atoms with Crippen LogP contribution in [0, 0.1) is 0 Å². The van der Waals surface area contributed by atoms with E-state index in [1.165, 1.54) is 22.0 Å². The number of carbonyl (C=O) groups is 1. The molecule has 1 N–H and O–H groups in total. The van der Waals surface area contributed by atoms with Crippen molar-refractivity contribution in [3.05, 3.63) is 105 Å². The van der Waals surface area contributed by atoms with Gasteiger partial charge in [0.2, 0.25) is 0 Å². The van der Waals surface area contributed by atoms with Gasteiger partial charge in [0.1, 0.15) is 5.75 Å². The lowest BCUT2D eigenvalue weighted by Gasteiger charge is -2.32. The number of halogens is 1. The second-order valence-electron chi connectivity index (χ2n) is 10.3. The maximum absolute atomic E-state index is 13.8. The van der Waals surface area contributed by atoms with Crippen LogP contribution in [0.2, 0.25) is 5.02 Å². The molecule has 40 heavy (non-hydrogen) atoms. The van der Waals surface area contributed by atoms with Gasteiger partial charge < -0.3 is 19.9 Å². The largest absolute Gasteiger partial charge is 0.453 e. The first kappa shape index (κ1) is 26.1. The van der Waals surface area contributed by atoms with E-state index in [-0.39, 0.29) is 17.3 Å². The number of rotatable bonds is 6. The zero-order valence-electron chi connectivity index (χ0n) is 22.3. The molecule has 9 heteroatoms. The Kier molecular flexibility index (Phi) is 7.28. The minimum Gasteiger partial charge on any atom is -0.453 e. The molecule has 1 amide bonds. The van der Waals surface area contributed by atoms with Crippen LogP contribution < -0.4 is 15.6 Å². The van der Waals surface area contributed by atoms with Crippen molar-refractivity contribution < 1.29 is 9.53 Å². The number of nitrogens with zero attached hydrogens (tertiary/aromatic N) is 4. The molecule has 0 radical (unpaired) electrons. The molecule has 1 saturated heterocycles. The fourth-order valence-electron chi connectivity index (χ4n) is 5.23. The van der Waals surface area contributed by atoms with Gasteiger partial charge in [-0.1, -0.05) is 29.8 Å². The molecule has 6 rings (SSSR count). The number of aromatic nitrogens is 2. The van der Waals surface area contributed by atoms with Crippen LogP contribution in [0.25, 0.3) is 5.69 Å². The van der Waals surface area contributed by atoms with Crippen molar-refractivity contribution in [2.75, 3.05) is 38.5 Å². The molecule has 0 unspecified atom stereocenters. The smallest absolute Gasteiger partial charge is 0.299 e. The Morgan fingerprint density at radius 1 is 0.950 bits per heavy atom. The average molecular weight is 556 g/mol. The van der Waals surface area contributed by atoms with Crippen LogP contribution in [0.3, 0.4) is 0 Å². The van der Waals surface area contributed by atoms with Crippen LogP contribution in [0.15, 0.2) is 77.7 Å². The maximum atomic E-state index is 13.8. The number of amides is 1. The first-order valence-corrected chi connectivity index (χ1v) is 13.9. The number of aryl methyl sites for hydroxylation is 2. The van der Waals surface area contributed by atoms with Gasteiger partial charge in [0.05, 0.1) is 11.9 Å². The summed E-state index contributed by atoms with van der Waals surface area (Å²) >= 11 is 6.20.